The highest BCUT2D eigenvalue weighted by molar-refractivity contribution is 5.82. The molecule has 6 heteroatoms. The zero-order chi connectivity index (χ0) is 15.1. The van der Waals surface area contributed by atoms with Crippen LogP contribution in [0.5, 0.6) is 0 Å². The summed E-state index contributed by atoms with van der Waals surface area (Å²) in [5.74, 6) is -1.24. The molecule has 0 aromatic heterocycles. The average Bonchev–Trinajstić information content (AvgIpc) is 2.26. The van der Waals surface area contributed by atoms with Crippen LogP contribution >= 0.6 is 0 Å². The molecule has 0 saturated heterocycles. The van der Waals surface area contributed by atoms with E-state index in [0.29, 0.717) is 19.4 Å². The van der Waals surface area contributed by atoms with E-state index in [-0.39, 0.29) is 17.7 Å². The Kier molecular flexibility index (Phi) is 7.63. The first-order valence-electron chi connectivity index (χ1n) is 6.45. The third-order valence-electron chi connectivity index (χ3n) is 2.94. The second-order valence-corrected chi connectivity index (χ2v) is 5.77. The number of methoxy groups -OCH3 is 1. The van der Waals surface area contributed by atoms with Crippen molar-refractivity contribution in [1.29, 1.82) is 0 Å². The van der Waals surface area contributed by atoms with E-state index in [0.717, 1.165) is 0 Å². The van der Waals surface area contributed by atoms with Crippen molar-refractivity contribution in [2.24, 2.45) is 11.1 Å². The van der Waals surface area contributed by atoms with Crippen LogP contribution in [-0.4, -0.2) is 42.8 Å². The minimum atomic E-state index is -0.937. The molecule has 0 aliphatic rings. The van der Waals surface area contributed by atoms with Crippen molar-refractivity contribution in [2.45, 2.75) is 52.1 Å². The number of ether oxygens (including phenoxy) is 1. The largest absolute Gasteiger partial charge is 0.481 e. The number of hydrogen-bond donors (Lipinski definition) is 3. The molecule has 2 unspecified atom stereocenters. The summed E-state index contributed by atoms with van der Waals surface area (Å²) in [6.45, 7) is 6.21. The van der Waals surface area contributed by atoms with Crippen LogP contribution in [0.25, 0.3) is 0 Å². The number of aliphatic carboxylic acids is 1. The minimum absolute atomic E-state index is 0.111. The molecular formula is C13H26N2O4. The highest BCUT2D eigenvalue weighted by Crippen LogP contribution is 2.22. The van der Waals surface area contributed by atoms with E-state index in [1.165, 1.54) is 0 Å². The average molecular weight is 274 g/mol. The fraction of sp³-hybridized carbons (Fsp3) is 0.846. The van der Waals surface area contributed by atoms with E-state index in [9.17, 15) is 9.59 Å². The third-order valence-corrected chi connectivity index (χ3v) is 2.94. The third kappa shape index (κ3) is 7.79. The molecule has 0 aromatic rings. The Morgan fingerprint density at radius 3 is 2.37 bits per heavy atom. The Labute approximate surface area is 114 Å². The van der Waals surface area contributed by atoms with Gasteiger partial charge in [0.05, 0.1) is 12.5 Å². The molecule has 0 aliphatic carbocycles. The van der Waals surface area contributed by atoms with E-state index in [1.807, 2.05) is 20.8 Å². The number of carbonyl (C=O) groups is 2. The van der Waals surface area contributed by atoms with Crippen LogP contribution in [-0.2, 0) is 14.3 Å². The van der Waals surface area contributed by atoms with Gasteiger partial charge in [-0.3, -0.25) is 9.59 Å². The van der Waals surface area contributed by atoms with Gasteiger partial charge in [-0.25, -0.2) is 0 Å². The molecule has 0 saturated carbocycles. The lowest BCUT2D eigenvalue weighted by Crippen LogP contribution is -2.50. The van der Waals surface area contributed by atoms with Gasteiger partial charge in [0.2, 0.25) is 5.91 Å². The molecule has 0 aliphatic heterocycles. The van der Waals surface area contributed by atoms with E-state index in [4.69, 9.17) is 15.6 Å². The van der Waals surface area contributed by atoms with E-state index >= 15 is 0 Å². The first-order chi connectivity index (χ1) is 8.68. The first-order valence-corrected chi connectivity index (χ1v) is 6.45. The summed E-state index contributed by atoms with van der Waals surface area (Å²) in [6.07, 6.45) is 1.11. The van der Waals surface area contributed by atoms with Crippen molar-refractivity contribution in [3.8, 4) is 0 Å². The highest BCUT2D eigenvalue weighted by Gasteiger charge is 2.29. The van der Waals surface area contributed by atoms with Gasteiger partial charge >= 0.3 is 5.97 Å². The van der Waals surface area contributed by atoms with Crippen molar-refractivity contribution in [2.75, 3.05) is 13.7 Å². The second-order valence-electron chi connectivity index (χ2n) is 5.77. The topological polar surface area (TPSA) is 102 Å². The normalized spacial score (nSPS) is 14.8. The molecule has 2 atom stereocenters. The maximum absolute atomic E-state index is 11.9. The summed E-state index contributed by atoms with van der Waals surface area (Å²) in [6, 6.07) is -1.07. The Morgan fingerprint density at radius 2 is 1.95 bits per heavy atom. The molecule has 0 rings (SSSR count). The molecule has 112 valence electrons. The summed E-state index contributed by atoms with van der Waals surface area (Å²) in [4.78, 5) is 22.7. The van der Waals surface area contributed by atoms with Crippen LogP contribution in [0.2, 0.25) is 0 Å². The smallest absolute Gasteiger partial charge is 0.305 e. The SMILES string of the molecule is COCCCC(N)C(=O)NC(CC(=O)O)C(C)(C)C. The number of carboxylic acids is 1. The lowest BCUT2D eigenvalue weighted by Gasteiger charge is -2.31. The van der Waals surface area contributed by atoms with E-state index in [2.05, 4.69) is 5.32 Å². The Hall–Kier alpha value is -1.14. The summed E-state index contributed by atoms with van der Waals surface area (Å²) in [5, 5.41) is 11.6. The van der Waals surface area contributed by atoms with Crippen LogP contribution in [0.3, 0.4) is 0 Å². The lowest BCUT2D eigenvalue weighted by atomic mass is 9.84. The van der Waals surface area contributed by atoms with Crippen molar-refractivity contribution >= 4 is 11.9 Å². The maximum Gasteiger partial charge on any atom is 0.305 e. The molecule has 0 heterocycles. The molecule has 19 heavy (non-hydrogen) atoms. The van der Waals surface area contributed by atoms with Crippen molar-refractivity contribution in [3.05, 3.63) is 0 Å². The monoisotopic (exact) mass is 274 g/mol. The summed E-state index contributed by atoms with van der Waals surface area (Å²) in [7, 11) is 1.59. The number of nitrogens with two attached hydrogens (primary N) is 1. The van der Waals surface area contributed by atoms with Crippen molar-refractivity contribution in [3.63, 3.8) is 0 Å². The van der Waals surface area contributed by atoms with Gasteiger partial charge in [0.15, 0.2) is 0 Å². The Balaban J connectivity index is 4.41. The molecule has 0 spiro atoms. The zero-order valence-corrected chi connectivity index (χ0v) is 12.2. The van der Waals surface area contributed by atoms with Crippen molar-refractivity contribution < 1.29 is 19.4 Å². The van der Waals surface area contributed by atoms with Crippen LogP contribution in [0, 0.1) is 5.41 Å². The maximum atomic E-state index is 11.9. The van der Waals surface area contributed by atoms with Crippen LogP contribution < -0.4 is 11.1 Å². The van der Waals surface area contributed by atoms with Gasteiger partial charge in [-0.05, 0) is 18.3 Å². The summed E-state index contributed by atoms with van der Waals surface area (Å²) >= 11 is 0. The van der Waals surface area contributed by atoms with Crippen molar-refractivity contribution in [1.82, 2.24) is 5.32 Å². The highest BCUT2D eigenvalue weighted by atomic mass is 16.5. The molecule has 4 N–H and O–H groups in total. The van der Waals surface area contributed by atoms with Crippen LogP contribution in [0.15, 0.2) is 0 Å². The number of amides is 1. The van der Waals surface area contributed by atoms with Gasteiger partial charge in [-0.15, -0.1) is 0 Å². The van der Waals surface area contributed by atoms with Crippen LogP contribution in [0.1, 0.15) is 40.0 Å². The first kappa shape index (κ1) is 17.9. The van der Waals surface area contributed by atoms with Gasteiger partial charge in [0.25, 0.3) is 0 Å². The molecule has 0 aromatic carbocycles. The van der Waals surface area contributed by atoms with E-state index < -0.39 is 18.1 Å². The number of carboxylic acid groups (broad SMARTS) is 1. The summed E-state index contributed by atoms with van der Waals surface area (Å²) < 4.78 is 4.89. The van der Waals surface area contributed by atoms with Gasteiger partial charge in [-0.2, -0.15) is 0 Å². The standard InChI is InChI=1S/C13H26N2O4/c1-13(2,3)10(8-11(16)17)15-12(18)9(14)6-5-7-19-4/h9-10H,5-8,14H2,1-4H3,(H,15,18)(H,16,17). The predicted octanol–water partition coefficient (Wildman–Crippen LogP) is 0.746. The summed E-state index contributed by atoms with van der Waals surface area (Å²) in [5.41, 5.74) is 5.43. The molecule has 0 fully saturated rings. The molecule has 6 nitrogen and oxygen atoms in total. The molecular weight excluding hydrogens is 248 g/mol. The van der Waals surface area contributed by atoms with Gasteiger partial charge in [0.1, 0.15) is 0 Å². The van der Waals surface area contributed by atoms with Gasteiger partial charge in [-0.1, -0.05) is 20.8 Å². The fourth-order valence-corrected chi connectivity index (χ4v) is 1.61. The number of nitrogens with one attached hydrogen (secondary N) is 1. The second kappa shape index (κ2) is 8.12. The van der Waals surface area contributed by atoms with Crippen LogP contribution in [0.4, 0.5) is 0 Å². The Morgan fingerprint density at radius 1 is 1.37 bits per heavy atom. The van der Waals surface area contributed by atoms with E-state index in [1.54, 1.807) is 7.11 Å². The zero-order valence-electron chi connectivity index (χ0n) is 12.2. The molecule has 0 radical (unpaired) electrons. The fourth-order valence-electron chi connectivity index (χ4n) is 1.61. The lowest BCUT2D eigenvalue weighted by molar-refractivity contribution is -0.138. The quantitative estimate of drug-likeness (QED) is 0.567. The Bertz CT molecular complexity index is 300. The minimum Gasteiger partial charge on any atom is -0.481 e. The number of rotatable bonds is 8. The number of hydrogen-bond acceptors (Lipinski definition) is 4. The number of carbonyl (C=O) groups excluding carboxylic acids is 1. The molecule has 1 amide bonds. The molecule has 0 bridgehead atoms. The van der Waals surface area contributed by atoms with Gasteiger partial charge < -0.3 is 20.9 Å². The predicted molar refractivity (Wildman–Crippen MR) is 72.7 cm³/mol. The van der Waals surface area contributed by atoms with Gasteiger partial charge in [0, 0.05) is 19.8 Å².